The molecule has 2 aromatic rings. The summed E-state index contributed by atoms with van der Waals surface area (Å²) >= 11 is 12.0. The van der Waals surface area contributed by atoms with Crippen molar-refractivity contribution in [3.63, 3.8) is 0 Å². The zero-order valence-corrected chi connectivity index (χ0v) is 15.2. The molecule has 1 unspecified atom stereocenters. The fourth-order valence-electron chi connectivity index (χ4n) is 2.19. The molecule has 1 atom stereocenters. The molecule has 0 fully saturated rings. The summed E-state index contributed by atoms with van der Waals surface area (Å²) < 4.78 is 1.67. The normalized spacial score (nSPS) is 11.7. The number of nitrogens with one attached hydrogen (secondary N) is 2. The summed E-state index contributed by atoms with van der Waals surface area (Å²) in [5, 5.41) is 11.2. The molecule has 5 nitrogen and oxygen atoms in total. The number of benzene rings is 1. The van der Waals surface area contributed by atoms with E-state index in [0.717, 1.165) is 11.1 Å². The SMILES string of the molecule is CNC(C(=O)NCCc1ccc(Cl)cc1Cl)c1cnn(C)c1.Cl. The van der Waals surface area contributed by atoms with Crippen LogP contribution in [0.15, 0.2) is 30.6 Å². The minimum absolute atomic E-state index is 0. The van der Waals surface area contributed by atoms with Gasteiger partial charge in [-0.05, 0) is 31.2 Å². The van der Waals surface area contributed by atoms with Crippen molar-refractivity contribution in [1.82, 2.24) is 20.4 Å². The highest BCUT2D eigenvalue weighted by molar-refractivity contribution is 6.35. The Labute approximate surface area is 151 Å². The van der Waals surface area contributed by atoms with Gasteiger partial charge in [-0.2, -0.15) is 5.10 Å². The Morgan fingerprint density at radius 3 is 2.70 bits per heavy atom. The van der Waals surface area contributed by atoms with Crippen LogP contribution >= 0.6 is 35.6 Å². The van der Waals surface area contributed by atoms with E-state index in [0.29, 0.717) is 23.0 Å². The Morgan fingerprint density at radius 2 is 2.13 bits per heavy atom. The van der Waals surface area contributed by atoms with E-state index in [1.54, 1.807) is 30.1 Å². The van der Waals surface area contributed by atoms with Crippen LogP contribution in [0.5, 0.6) is 0 Å². The summed E-state index contributed by atoms with van der Waals surface area (Å²) in [7, 11) is 3.56. The van der Waals surface area contributed by atoms with E-state index in [1.165, 1.54) is 0 Å². The summed E-state index contributed by atoms with van der Waals surface area (Å²) in [4.78, 5) is 12.2. The lowest BCUT2D eigenvalue weighted by Gasteiger charge is -2.14. The third-order valence-corrected chi connectivity index (χ3v) is 3.90. The van der Waals surface area contributed by atoms with Crippen LogP contribution in [0.1, 0.15) is 17.2 Å². The van der Waals surface area contributed by atoms with Gasteiger partial charge in [-0.15, -0.1) is 12.4 Å². The quantitative estimate of drug-likeness (QED) is 0.814. The standard InChI is InChI=1S/C15H18Cl2N4O.ClH/c1-18-14(11-8-20-21(2)9-11)15(22)19-6-5-10-3-4-12(16)7-13(10)17;/h3-4,7-9,14,18H,5-6H2,1-2H3,(H,19,22);1H. The number of hydrogen-bond acceptors (Lipinski definition) is 3. The van der Waals surface area contributed by atoms with Gasteiger partial charge in [0.25, 0.3) is 0 Å². The number of likely N-dealkylation sites (N-methyl/N-ethyl adjacent to an activating group) is 1. The third kappa shape index (κ3) is 5.39. The topological polar surface area (TPSA) is 59.0 Å². The maximum absolute atomic E-state index is 12.2. The van der Waals surface area contributed by atoms with Gasteiger partial charge in [0.2, 0.25) is 5.91 Å². The van der Waals surface area contributed by atoms with E-state index in [-0.39, 0.29) is 18.3 Å². The number of aryl methyl sites for hydroxylation is 1. The zero-order valence-electron chi connectivity index (χ0n) is 12.8. The number of amides is 1. The molecule has 0 bridgehead atoms. The van der Waals surface area contributed by atoms with Crippen LogP contribution < -0.4 is 10.6 Å². The Hall–Kier alpha value is -1.27. The molecule has 8 heteroatoms. The van der Waals surface area contributed by atoms with Crippen molar-refractivity contribution < 1.29 is 4.79 Å². The number of aromatic nitrogens is 2. The molecule has 2 N–H and O–H groups in total. The van der Waals surface area contributed by atoms with Crippen LogP contribution in [0.4, 0.5) is 0 Å². The van der Waals surface area contributed by atoms with E-state index >= 15 is 0 Å². The Balaban J connectivity index is 0.00000264. The monoisotopic (exact) mass is 376 g/mol. The molecule has 1 aromatic heterocycles. The molecule has 0 aliphatic rings. The van der Waals surface area contributed by atoms with Crippen LogP contribution in [0.25, 0.3) is 0 Å². The highest BCUT2D eigenvalue weighted by Gasteiger charge is 2.19. The summed E-state index contributed by atoms with van der Waals surface area (Å²) in [6, 6.07) is 4.94. The molecule has 0 spiro atoms. The van der Waals surface area contributed by atoms with Crippen molar-refractivity contribution in [1.29, 1.82) is 0 Å². The highest BCUT2D eigenvalue weighted by Crippen LogP contribution is 2.21. The van der Waals surface area contributed by atoms with Gasteiger partial charge in [-0.3, -0.25) is 9.48 Å². The molecule has 23 heavy (non-hydrogen) atoms. The first-order chi connectivity index (χ1) is 10.5. The molecule has 0 saturated heterocycles. The first-order valence-electron chi connectivity index (χ1n) is 6.88. The van der Waals surface area contributed by atoms with E-state index in [4.69, 9.17) is 23.2 Å². The Morgan fingerprint density at radius 1 is 1.39 bits per heavy atom. The van der Waals surface area contributed by atoms with Gasteiger partial charge < -0.3 is 10.6 Å². The first kappa shape index (κ1) is 19.8. The number of rotatable bonds is 6. The Kier molecular flexibility index (Phi) is 7.85. The summed E-state index contributed by atoms with van der Waals surface area (Å²) in [5.74, 6) is -0.0967. The molecule has 126 valence electrons. The minimum Gasteiger partial charge on any atom is -0.354 e. The predicted octanol–water partition coefficient (Wildman–Crippen LogP) is 2.77. The van der Waals surface area contributed by atoms with Gasteiger partial charge in [0.15, 0.2) is 0 Å². The van der Waals surface area contributed by atoms with Gasteiger partial charge in [-0.25, -0.2) is 0 Å². The zero-order chi connectivity index (χ0) is 16.1. The average molecular weight is 378 g/mol. The predicted molar refractivity (Wildman–Crippen MR) is 95.4 cm³/mol. The molecule has 1 amide bonds. The number of nitrogens with zero attached hydrogens (tertiary/aromatic N) is 2. The molecule has 2 rings (SSSR count). The van der Waals surface area contributed by atoms with Crippen molar-refractivity contribution in [2.75, 3.05) is 13.6 Å². The molecular weight excluding hydrogens is 359 g/mol. The first-order valence-corrected chi connectivity index (χ1v) is 7.64. The molecule has 0 aliphatic heterocycles. The van der Waals surface area contributed by atoms with E-state index in [1.807, 2.05) is 19.3 Å². The molecule has 1 heterocycles. The molecule has 0 saturated carbocycles. The van der Waals surface area contributed by atoms with Crippen molar-refractivity contribution in [3.8, 4) is 0 Å². The minimum atomic E-state index is -0.422. The Bertz CT molecular complexity index is 660. The molecule has 0 radical (unpaired) electrons. The fourth-order valence-corrected chi connectivity index (χ4v) is 2.69. The summed E-state index contributed by atoms with van der Waals surface area (Å²) in [6.45, 7) is 0.499. The number of carbonyl (C=O) groups is 1. The van der Waals surface area contributed by atoms with E-state index < -0.39 is 6.04 Å². The van der Waals surface area contributed by atoms with Gasteiger partial charge >= 0.3 is 0 Å². The lowest BCUT2D eigenvalue weighted by Crippen LogP contribution is -2.36. The second kappa shape index (κ2) is 9.13. The van der Waals surface area contributed by atoms with Crippen molar-refractivity contribution >= 4 is 41.5 Å². The molecule has 1 aromatic carbocycles. The average Bonchev–Trinajstić information content (AvgIpc) is 2.88. The van der Waals surface area contributed by atoms with Gasteiger partial charge in [0.1, 0.15) is 6.04 Å². The van der Waals surface area contributed by atoms with Crippen molar-refractivity contribution in [2.45, 2.75) is 12.5 Å². The fraction of sp³-hybridized carbons (Fsp3) is 0.333. The van der Waals surface area contributed by atoms with Crippen LogP contribution in [0, 0.1) is 0 Å². The molecular formula is C15H19Cl3N4O. The largest absolute Gasteiger partial charge is 0.354 e. The lowest BCUT2D eigenvalue weighted by molar-refractivity contribution is -0.123. The number of carbonyl (C=O) groups excluding carboxylic acids is 1. The van der Waals surface area contributed by atoms with Crippen LogP contribution in [0.2, 0.25) is 10.0 Å². The van der Waals surface area contributed by atoms with Gasteiger partial charge in [0, 0.05) is 35.4 Å². The van der Waals surface area contributed by atoms with Crippen molar-refractivity contribution in [2.24, 2.45) is 7.05 Å². The number of halogens is 3. The van der Waals surface area contributed by atoms with E-state index in [9.17, 15) is 4.79 Å². The second-order valence-corrected chi connectivity index (χ2v) is 5.79. The smallest absolute Gasteiger partial charge is 0.241 e. The lowest BCUT2D eigenvalue weighted by atomic mass is 10.1. The molecule has 0 aliphatic carbocycles. The van der Waals surface area contributed by atoms with E-state index in [2.05, 4.69) is 15.7 Å². The number of hydrogen-bond donors (Lipinski definition) is 2. The maximum atomic E-state index is 12.2. The second-order valence-electron chi connectivity index (χ2n) is 4.95. The van der Waals surface area contributed by atoms with Crippen LogP contribution in [-0.2, 0) is 18.3 Å². The van der Waals surface area contributed by atoms with Crippen molar-refractivity contribution in [3.05, 3.63) is 51.8 Å². The van der Waals surface area contributed by atoms with Crippen LogP contribution in [-0.4, -0.2) is 29.3 Å². The summed E-state index contributed by atoms with van der Waals surface area (Å²) in [6.07, 6.45) is 4.14. The van der Waals surface area contributed by atoms with Gasteiger partial charge in [0.05, 0.1) is 6.20 Å². The highest BCUT2D eigenvalue weighted by atomic mass is 35.5. The maximum Gasteiger partial charge on any atom is 0.241 e. The van der Waals surface area contributed by atoms with Gasteiger partial charge in [-0.1, -0.05) is 29.3 Å². The summed E-state index contributed by atoms with van der Waals surface area (Å²) in [5.41, 5.74) is 1.78. The third-order valence-electron chi connectivity index (χ3n) is 3.32. The van der Waals surface area contributed by atoms with Crippen LogP contribution in [0.3, 0.4) is 0 Å².